The molecule has 52 valence electrons. The highest BCUT2D eigenvalue weighted by atomic mass is 28.4. The highest BCUT2D eigenvalue weighted by molar-refractivity contribution is 6.53. The van der Waals surface area contributed by atoms with Gasteiger partial charge in [-0.1, -0.05) is 0 Å². The van der Waals surface area contributed by atoms with Gasteiger partial charge in [0, 0.05) is 25.7 Å². The first-order chi connectivity index (χ1) is 4.29. The summed E-state index contributed by atoms with van der Waals surface area (Å²) >= 11 is 0. The van der Waals surface area contributed by atoms with Crippen molar-refractivity contribution in [2.45, 2.75) is 0 Å². The van der Waals surface area contributed by atoms with Crippen LogP contribution in [0.1, 0.15) is 0 Å². The molecule has 0 saturated carbocycles. The molecule has 9 heavy (non-hydrogen) atoms. The Balaban J connectivity index is 2.11. The summed E-state index contributed by atoms with van der Waals surface area (Å²) in [6.07, 6.45) is 0. The Bertz CT molecular complexity index is 109. The molecular formula is C4H7FO3Si. The van der Waals surface area contributed by atoms with E-state index < -0.39 is 9.14 Å². The number of hydrogen-bond acceptors (Lipinski definition) is 3. The van der Waals surface area contributed by atoms with Crippen LogP contribution in [0.5, 0.6) is 0 Å². The zero-order valence-corrected chi connectivity index (χ0v) is 5.80. The van der Waals surface area contributed by atoms with E-state index in [1.165, 1.54) is 0 Å². The molecule has 0 N–H and O–H groups in total. The minimum atomic E-state index is -3.54. The van der Waals surface area contributed by atoms with E-state index >= 15 is 0 Å². The van der Waals surface area contributed by atoms with Crippen molar-refractivity contribution in [3.63, 3.8) is 0 Å². The second-order valence-electron chi connectivity index (χ2n) is 2.28. The predicted molar refractivity (Wildman–Crippen MR) is 28.2 cm³/mol. The minimum Gasteiger partial charge on any atom is -0.348 e. The molecule has 0 unspecified atom stereocenters. The zero-order chi connectivity index (χ0) is 6.32. The molecule has 0 aromatic carbocycles. The van der Waals surface area contributed by atoms with Crippen LogP contribution < -0.4 is 0 Å². The van der Waals surface area contributed by atoms with E-state index in [-0.39, 0.29) is 5.92 Å². The largest absolute Gasteiger partial charge is 0.720 e. The van der Waals surface area contributed by atoms with Crippen LogP contribution in [0.3, 0.4) is 0 Å². The molecule has 5 heteroatoms. The van der Waals surface area contributed by atoms with Crippen molar-refractivity contribution in [1.29, 1.82) is 0 Å². The van der Waals surface area contributed by atoms with Crippen molar-refractivity contribution in [2.75, 3.05) is 19.8 Å². The Hall–Kier alpha value is 0.0269. The van der Waals surface area contributed by atoms with Gasteiger partial charge >= 0.3 is 9.14 Å². The summed E-state index contributed by atoms with van der Waals surface area (Å²) in [6.45, 7) is 1.42. The molecule has 0 radical (unpaired) electrons. The maximum atomic E-state index is 12.8. The lowest BCUT2D eigenvalue weighted by atomic mass is 10.2. The van der Waals surface area contributed by atoms with E-state index in [9.17, 15) is 4.11 Å². The van der Waals surface area contributed by atoms with E-state index in [2.05, 4.69) is 0 Å². The van der Waals surface area contributed by atoms with E-state index in [1.807, 2.05) is 0 Å². The number of halogens is 1. The highest BCUT2D eigenvalue weighted by Gasteiger charge is 2.53. The molecular weight excluding hydrogens is 143 g/mol. The first-order valence-corrected chi connectivity index (χ1v) is 4.49. The van der Waals surface area contributed by atoms with Crippen LogP contribution in [0.2, 0.25) is 0 Å². The molecule has 0 aromatic heterocycles. The SMILES string of the molecule is F[Si]12OCC(CO1)CO2. The summed E-state index contributed by atoms with van der Waals surface area (Å²) < 4.78 is 26.9. The lowest BCUT2D eigenvalue weighted by molar-refractivity contribution is -0.105. The van der Waals surface area contributed by atoms with E-state index in [4.69, 9.17) is 13.3 Å². The fourth-order valence-electron chi connectivity index (χ4n) is 0.922. The molecule has 3 nitrogen and oxygen atoms in total. The van der Waals surface area contributed by atoms with Gasteiger partial charge in [-0.25, -0.2) is 4.11 Å². The highest BCUT2D eigenvalue weighted by Crippen LogP contribution is 2.26. The Morgan fingerprint density at radius 3 is 1.78 bits per heavy atom. The monoisotopic (exact) mass is 150 g/mol. The third-order valence-corrected chi connectivity index (χ3v) is 3.01. The van der Waals surface area contributed by atoms with Crippen molar-refractivity contribution >= 4 is 9.14 Å². The van der Waals surface area contributed by atoms with Crippen LogP contribution in [-0.4, -0.2) is 29.0 Å². The molecule has 3 rings (SSSR count). The fourth-order valence-corrected chi connectivity index (χ4v) is 2.48. The van der Waals surface area contributed by atoms with Crippen molar-refractivity contribution in [3.05, 3.63) is 0 Å². The quantitative estimate of drug-likeness (QED) is 0.361. The van der Waals surface area contributed by atoms with Gasteiger partial charge in [0.1, 0.15) is 0 Å². The number of fused-ring (bicyclic) bond motifs is 3. The lowest BCUT2D eigenvalue weighted by Crippen LogP contribution is -2.55. The molecule has 3 heterocycles. The smallest absolute Gasteiger partial charge is 0.348 e. The minimum absolute atomic E-state index is 0.259. The summed E-state index contributed by atoms with van der Waals surface area (Å²) in [6, 6.07) is 0. The Labute approximate surface area is 53.3 Å². The van der Waals surface area contributed by atoms with Gasteiger partial charge in [0.15, 0.2) is 0 Å². The Kier molecular flexibility index (Phi) is 1.13. The summed E-state index contributed by atoms with van der Waals surface area (Å²) in [4.78, 5) is 0. The van der Waals surface area contributed by atoms with Crippen LogP contribution in [0.4, 0.5) is 4.11 Å². The average Bonchev–Trinajstić information content (AvgIpc) is 1.90. The van der Waals surface area contributed by atoms with Crippen LogP contribution in [0.15, 0.2) is 0 Å². The molecule has 3 aliphatic rings. The van der Waals surface area contributed by atoms with Crippen LogP contribution in [-0.2, 0) is 13.3 Å². The lowest BCUT2D eigenvalue weighted by Gasteiger charge is -2.36. The molecule has 0 aliphatic carbocycles. The van der Waals surface area contributed by atoms with Crippen LogP contribution >= 0.6 is 0 Å². The normalized spacial score (nSPS) is 49.7. The van der Waals surface area contributed by atoms with Gasteiger partial charge in [-0.15, -0.1) is 0 Å². The standard InChI is InChI=1S/C4H7FO3Si/c5-9-6-1-4(2-7-9)3-8-9/h4H,1-3H2. The summed E-state index contributed by atoms with van der Waals surface area (Å²) in [5.41, 5.74) is 0. The van der Waals surface area contributed by atoms with Gasteiger partial charge in [0.25, 0.3) is 0 Å². The summed E-state index contributed by atoms with van der Waals surface area (Å²) in [5, 5.41) is 0. The van der Waals surface area contributed by atoms with Gasteiger partial charge in [-0.2, -0.15) is 0 Å². The van der Waals surface area contributed by atoms with Crippen LogP contribution in [0.25, 0.3) is 0 Å². The van der Waals surface area contributed by atoms with Gasteiger partial charge in [-0.3, -0.25) is 0 Å². The van der Waals surface area contributed by atoms with Crippen molar-refractivity contribution in [1.82, 2.24) is 0 Å². The van der Waals surface area contributed by atoms with E-state index in [0.29, 0.717) is 19.8 Å². The second kappa shape index (κ2) is 1.76. The molecule has 0 atom stereocenters. The Morgan fingerprint density at radius 1 is 1.11 bits per heavy atom. The van der Waals surface area contributed by atoms with Gasteiger partial charge < -0.3 is 13.3 Å². The molecule has 0 amide bonds. The zero-order valence-electron chi connectivity index (χ0n) is 4.80. The number of rotatable bonds is 0. The maximum absolute atomic E-state index is 12.8. The third-order valence-electron chi connectivity index (χ3n) is 1.47. The Morgan fingerprint density at radius 2 is 1.56 bits per heavy atom. The maximum Gasteiger partial charge on any atom is 0.720 e. The molecule has 3 aliphatic heterocycles. The fraction of sp³-hybridized carbons (Fsp3) is 1.00. The van der Waals surface area contributed by atoms with Gasteiger partial charge in [0.2, 0.25) is 0 Å². The van der Waals surface area contributed by atoms with Gasteiger partial charge in [0.05, 0.1) is 0 Å². The van der Waals surface area contributed by atoms with Crippen molar-refractivity contribution in [3.8, 4) is 0 Å². The molecule has 3 fully saturated rings. The van der Waals surface area contributed by atoms with Crippen molar-refractivity contribution < 1.29 is 17.4 Å². The van der Waals surface area contributed by atoms with Crippen molar-refractivity contribution in [2.24, 2.45) is 5.92 Å². The average molecular weight is 150 g/mol. The predicted octanol–water partition coefficient (Wildman–Crippen LogP) is 0.0847. The first kappa shape index (κ1) is 5.78. The van der Waals surface area contributed by atoms with E-state index in [0.717, 1.165) is 0 Å². The third kappa shape index (κ3) is 0.897. The molecule has 2 bridgehead atoms. The van der Waals surface area contributed by atoms with Crippen LogP contribution in [0, 0.1) is 5.92 Å². The van der Waals surface area contributed by atoms with E-state index in [1.54, 1.807) is 0 Å². The molecule has 0 spiro atoms. The van der Waals surface area contributed by atoms with Gasteiger partial charge in [-0.05, 0) is 0 Å². The summed E-state index contributed by atoms with van der Waals surface area (Å²) in [5.74, 6) is 0.259. The number of hydrogen-bond donors (Lipinski definition) is 0. The second-order valence-corrected chi connectivity index (χ2v) is 4.11. The molecule has 3 saturated heterocycles. The first-order valence-electron chi connectivity index (χ1n) is 2.89. The topological polar surface area (TPSA) is 27.7 Å². The molecule has 0 aromatic rings. The summed E-state index contributed by atoms with van der Waals surface area (Å²) in [7, 11) is -3.54.